The molecule has 0 aliphatic rings. The first-order chi connectivity index (χ1) is 9.54. The van der Waals surface area contributed by atoms with Gasteiger partial charge < -0.3 is 5.32 Å². The third kappa shape index (κ3) is 4.12. The van der Waals surface area contributed by atoms with Crippen LogP contribution >= 0.6 is 0 Å². The number of hydrogen-bond acceptors (Lipinski definition) is 2. The first-order valence-corrected chi connectivity index (χ1v) is 7.40. The van der Waals surface area contributed by atoms with Crippen LogP contribution in [0.25, 0.3) is 0 Å². The van der Waals surface area contributed by atoms with Gasteiger partial charge in [0.2, 0.25) is 0 Å². The van der Waals surface area contributed by atoms with Crippen LogP contribution in [0.3, 0.4) is 0 Å². The molecular formula is C17H25N3. The third-order valence-corrected chi connectivity index (χ3v) is 3.29. The van der Waals surface area contributed by atoms with Gasteiger partial charge in [-0.15, -0.1) is 0 Å². The van der Waals surface area contributed by atoms with Crippen LogP contribution in [0.15, 0.2) is 36.7 Å². The molecule has 3 heteroatoms. The number of benzene rings is 1. The predicted octanol–water partition coefficient (Wildman–Crippen LogP) is 4.27. The Hall–Kier alpha value is -1.77. The van der Waals surface area contributed by atoms with Gasteiger partial charge in [-0.25, -0.2) is 0 Å². The maximum Gasteiger partial charge on any atom is 0.0729 e. The second kappa shape index (κ2) is 6.60. The lowest BCUT2D eigenvalue weighted by Gasteiger charge is -2.07. The molecule has 0 amide bonds. The fraction of sp³-hybridized carbons (Fsp3) is 0.471. The van der Waals surface area contributed by atoms with E-state index >= 15 is 0 Å². The van der Waals surface area contributed by atoms with Crippen LogP contribution in [-0.4, -0.2) is 9.78 Å². The van der Waals surface area contributed by atoms with Crippen molar-refractivity contribution in [3.63, 3.8) is 0 Å². The molecule has 1 N–H and O–H groups in total. The molecule has 0 unspecified atom stereocenters. The molecule has 0 bridgehead atoms. The van der Waals surface area contributed by atoms with Gasteiger partial charge in [0.1, 0.15) is 0 Å². The molecule has 0 saturated heterocycles. The molecule has 2 aromatic rings. The van der Waals surface area contributed by atoms with E-state index in [1.165, 1.54) is 11.1 Å². The lowest BCUT2D eigenvalue weighted by molar-refractivity contribution is 0.532. The van der Waals surface area contributed by atoms with Crippen LogP contribution < -0.4 is 5.32 Å². The molecule has 3 nitrogen and oxygen atoms in total. The topological polar surface area (TPSA) is 29.9 Å². The van der Waals surface area contributed by atoms with E-state index in [1.807, 2.05) is 10.9 Å². The van der Waals surface area contributed by atoms with Crippen molar-refractivity contribution in [2.24, 2.45) is 5.92 Å². The minimum absolute atomic E-state index is 0.404. The zero-order valence-electron chi connectivity index (χ0n) is 12.9. The molecule has 1 aromatic carbocycles. The SMILES string of the molecule is CC(C)Cc1ccc(CNc2cnn(C(C)C)c2)cc1. The number of hydrogen-bond donors (Lipinski definition) is 1. The molecule has 2 rings (SSSR count). The highest BCUT2D eigenvalue weighted by molar-refractivity contribution is 5.39. The largest absolute Gasteiger partial charge is 0.378 e. The third-order valence-electron chi connectivity index (χ3n) is 3.29. The van der Waals surface area contributed by atoms with Crippen molar-refractivity contribution in [3.8, 4) is 0 Å². The second-order valence-electron chi connectivity index (χ2n) is 6.07. The summed E-state index contributed by atoms with van der Waals surface area (Å²) in [4.78, 5) is 0. The van der Waals surface area contributed by atoms with Gasteiger partial charge in [0.15, 0.2) is 0 Å². The summed E-state index contributed by atoms with van der Waals surface area (Å²) < 4.78 is 1.97. The van der Waals surface area contributed by atoms with Gasteiger partial charge in [-0.3, -0.25) is 4.68 Å². The van der Waals surface area contributed by atoms with E-state index in [0.717, 1.165) is 18.7 Å². The smallest absolute Gasteiger partial charge is 0.0729 e. The van der Waals surface area contributed by atoms with Crippen LogP contribution in [-0.2, 0) is 13.0 Å². The van der Waals surface area contributed by atoms with Crippen molar-refractivity contribution in [3.05, 3.63) is 47.8 Å². The molecule has 108 valence electrons. The summed E-state index contributed by atoms with van der Waals surface area (Å²) in [6.45, 7) is 9.60. The maximum atomic E-state index is 4.33. The zero-order chi connectivity index (χ0) is 14.5. The van der Waals surface area contributed by atoms with E-state index in [4.69, 9.17) is 0 Å². The van der Waals surface area contributed by atoms with Crippen LogP contribution in [0.4, 0.5) is 5.69 Å². The van der Waals surface area contributed by atoms with Crippen molar-refractivity contribution in [2.75, 3.05) is 5.32 Å². The highest BCUT2D eigenvalue weighted by Crippen LogP contribution is 2.13. The van der Waals surface area contributed by atoms with Gasteiger partial charge in [0, 0.05) is 18.8 Å². The van der Waals surface area contributed by atoms with E-state index in [1.54, 1.807) is 0 Å². The average Bonchev–Trinajstić information content (AvgIpc) is 2.86. The van der Waals surface area contributed by atoms with Crippen molar-refractivity contribution in [1.82, 2.24) is 9.78 Å². The molecule has 0 atom stereocenters. The first kappa shape index (κ1) is 14.6. The standard InChI is InChI=1S/C17H25N3/c1-13(2)9-15-5-7-16(8-6-15)10-18-17-11-19-20(12-17)14(3)4/h5-8,11-14,18H,9-10H2,1-4H3. The Balaban J connectivity index is 1.90. The normalized spacial score (nSPS) is 11.3. The number of rotatable bonds is 6. The minimum atomic E-state index is 0.404. The number of nitrogens with one attached hydrogen (secondary N) is 1. The fourth-order valence-corrected chi connectivity index (χ4v) is 2.18. The van der Waals surface area contributed by atoms with E-state index < -0.39 is 0 Å². The summed E-state index contributed by atoms with van der Waals surface area (Å²) in [7, 11) is 0. The summed E-state index contributed by atoms with van der Waals surface area (Å²) in [6.07, 6.45) is 5.08. The first-order valence-electron chi connectivity index (χ1n) is 7.40. The highest BCUT2D eigenvalue weighted by atomic mass is 15.3. The summed E-state index contributed by atoms with van der Waals surface area (Å²) in [6, 6.07) is 9.28. The lowest BCUT2D eigenvalue weighted by atomic mass is 10.0. The van der Waals surface area contributed by atoms with E-state index in [2.05, 4.69) is 68.6 Å². The molecule has 1 aromatic heterocycles. The van der Waals surface area contributed by atoms with Gasteiger partial charge in [0.25, 0.3) is 0 Å². The Morgan fingerprint density at radius 2 is 1.70 bits per heavy atom. The molecule has 0 aliphatic carbocycles. The Kier molecular flexibility index (Phi) is 4.83. The predicted molar refractivity (Wildman–Crippen MR) is 84.9 cm³/mol. The molecule has 0 fully saturated rings. The molecule has 1 heterocycles. The van der Waals surface area contributed by atoms with Crippen LogP contribution in [0.1, 0.15) is 44.9 Å². The summed E-state index contributed by atoms with van der Waals surface area (Å²) in [5.41, 5.74) is 3.79. The van der Waals surface area contributed by atoms with Gasteiger partial charge in [-0.2, -0.15) is 5.10 Å². The van der Waals surface area contributed by atoms with Crippen LogP contribution in [0.5, 0.6) is 0 Å². The van der Waals surface area contributed by atoms with Gasteiger partial charge >= 0.3 is 0 Å². The molecular weight excluding hydrogens is 246 g/mol. The number of aromatic nitrogens is 2. The number of nitrogens with zero attached hydrogens (tertiary/aromatic N) is 2. The van der Waals surface area contributed by atoms with Crippen LogP contribution in [0.2, 0.25) is 0 Å². The maximum absolute atomic E-state index is 4.33. The quantitative estimate of drug-likeness (QED) is 0.850. The molecule has 20 heavy (non-hydrogen) atoms. The zero-order valence-corrected chi connectivity index (χ0v) is 12.9. The minimum Gasteiger partial charge on any atom is -0.378 e. The number of anilines is 1. The molecule has 0 radical (unpaired) electrons. The Morgan fingerprint density at radius 1 is 1.05 bits per heavy atom. The second-order valence-corrected chi connectivity index (χ2v) is 6.07. The van der Waals surface area contributed by atoms with Gasteiger partial charge in [-0.05, 0) is 37.3 Å². The average molecular weight is 271 g/mol. The van der Waals surface area contributed by atoms with Crippen molar-refractivity contribution in [1.29, 1.82) is 0 Å². The highest BCUT2D eigenvalue weighted by Gasteiger charge is 2.02. The van der Waals surface area contributed by atoms with Crippen LogP contribution in [0, 0.1) is 5.92 Å². The van der Waals surface area contributed by atoms with E-state index in [9.17, 15) is 0 Å². The summed E-state index contributed by atoms with van der Waals surface area (Å²) in [5.74, 6) is 0.709. The monoisotopic (exact) mass is 271 g/mol. The lowest BCUT2D eigenvalue weighted by Crippen LogP contribution is -2.01. The van der Waals surface area contributed by atoms with E-state index in [0.29, 0.717) is 12.0 Å². The summed E-state index contributed by atoms with van der Waals surface area (Å²) in [5, 5.41) is 7.74. The van der Waals surface area contributed by atoms with Gasteiger partial charge in [0.05, 0.1) is 11.9 Å². The summed E-state index contributed by atoms with van der Waals surface area (Å²) >= 11 is 0. The van der Waals surface area contributed by atoms with E-state index in [-0.39, 0.29) is 0 Å². The molecule has 0 saturated carbocycles. The molecule has 0 aliphatic heterocycles. The van der Waals surface area contributed by atoms with Gasteiger partial charge in [-0.1, -0.05) is 38.1 Å². The molecule has 0 spiro atoms. The van der Waals surface area contributed by atoms with Crippen molar-refractivity contribution < 1.29 is 0 Å². The van der Waals surface area contributed by atoms with Crippen molar-refractivity contribution >= 4 is 5.69 Å². The Labute approximate surface area is 122 Å². The fourth-order valence-electron chi connectivity index (χ4n) is 2.18. The Morgan fingerprint density at radius 3 is 2.25 bits per heavy atom. The van der Waals surface area contributed by atoms with Crippen molar-refractivity contribution in [2.45, 2.75) is 46.7 Å². The Bertz CT molecular complexity index is 523.